The first-order valence-corrected chi connectivity index (χ1v) is 11.0. The molecule has 0 bridgehead atoms. The van der Waals surface area contributed by atoms with Crippen molar-refractivity contribution < 1.29 is 19.0 Å². The van der Waals surface area contributed by atoms with Crippen LogP contribution in [0.5, 0.6) is 11.5 Å². The number of halogens is 1. The molecule has 0 amide bonds. The van der Waals surface area contributed by atoms with Crippen molar-refractivity contribution in [3.63, 3.8) is 0 Å². The van der Waals surface area contributed by atoms with Gasteiger partial charge in [0.2, 0.25) is 5.90 Å². The van der Waals surface area contributed by atoms with Gasteiger partial charge in [0.05, 0.1) is 17.7 Å². The van der Waals surface area contributed by atoms with E-state index in [0.717, 1.165) is 12.0 Å². The number of nitrogens with zero attached hydrogens (tertiary/aromatic N) is 1. The van der Waals surface area contributed by atoms with Crippen molar-refractivity contribution in [1.82, 2.24) is 0 Å². The zero-order valence-electron chi connectivity index (χ0n) is 18.6. The highest BCUT2D eigenvalue weighted by molar-refractivity contribution is 6.32. The number of aliphatic imine (C=N–C) groups is 1. The average molecular weight is 442 g/mol. The molecule has 3 rings (SSSR count). The maximum atomic E-state index is 12.4. The van der Waals surface area contributed by atoms with Crippen molar-refractivity contribution in [2.75, 3.05) is 6.61 Å². The summed E-state index contributed by atoms with van der Waals surface area (Å²) in [5, 5.41) is 0.415. The summed E-state index contributed by atoms with van der Waals surface area (Å²) in [4.78, 5) is 16.8. The second-order valence-corrected chi connectivity index (χ2v) is 8.12. The summed E-state index contributed by atoms with van der Waals surface area (Å²) in [5.41, 5.74) is 2.85. The molecule has 2 aromatic carbocycles. The zero-order valence-corrected chi connectivity index (χ0v) is 19.3. The molecule has 5 nitrogen and oxygen atoms in total. The third kappa shape index (κ3) is 5.47. The van der Waals surface area contributed by atoms with Gasteiger partial charge in [0, 0.05) is 5.56 Å². The molecule has 1 heterocycles. The number of rotatable bonds is 8. The van der Waals surface area contributed by atoms with Crippen LogP contribution in [-0.4, -0.2) is 24.6 Å². The number of ether oxygens (including phenoxy) is 3. The number of hydrogen-bond donors (Lipinski definition) is 0. The van der Waals surface area contributed by atoms with E-state index in [2.05, 4.69) is 18.8 Å². The number of carbonyl (C=O) groups is 1. The van der Waals surface area contributed by atoms with Gasteiger partial charge in [-0.3, -0.25) is 0 Å². The summed E-state index contributed by atoms with van der Waals surface area (Å²) >= 11 is 6.47. The minimum absolute atomic E-state index is 0.0000343. The Balaban J connectivity index is 1.92. The van der Waals surface area contributed by atoms with E-state index in [0.29, 0.717) is 40.5 Å². The molecule has 164 valence electrons. The SMILES string of the molecule is CCOc1cc(/C=C2\N=C(c3ccc(C(C)C)cc3)OC2=O)cc(Cl)c1OC(C)CC. The molecular weight excluding hydrogens is 414 g/mol. The maximum Gasteiger partial charge on any atom is 0.363 e. The first-order valence-electron chi connectivity index (χ1n) is 10.6. The highest BCUT2D eigenvalue weighted by atomic mass is 35.5. The Kier molecular flexibility index (Phi) is 7.39. The molecule has 0 saturated heterocycles. The number of benzene rings is 2. The summed E-state index contributed by atoms with van der Waals surface area (Å²) in [6.45, 7) is 10.6. The molecule has 0 radical (unpaired) electrons. The molecular formula is C25H28ClNO4. The molecule has 6 heteroatoms. The first-order chi connectivity index (χ1) is 14.8. The van der Waals surface area contributed by atoms with Crippen molar-refractivity contribution in [2.24, 2.45) is 4.99 Å². The minimum atomic E-state index is -0.503. The van der Waals surface area contributed by atoms with Gasteiger partial charge in [-0.05, 0) is 67.7 Å². The fourth-order valence-corrected chi connectivity index (χ4v) is 3.30. The smallest absolute Gasteiger partial charge is 0.363 e. The Morgan fingerprint density at radius 1 is 1.13 bits per heavy atom. The molecule has 0 aromatic heterocycles. The van der Waals surface area contributed by atoms with E-state index in [1.165, 1.54) is 5.56 Å². The van der Waals surface area contributed by atoms with Crippen LogP contribution in [0.4, 0.5) is 0 Å². The Bertz CT molecular complexity index is 1010. The third-order valence-corrected chi connectivity index (χ3v) is 5.25. The average Bonchev–Trinajstić information content (AvgIpc) is 3.10. The lowest BCUT2D eigenvalue weighted by atomic mass is 10.0. The molecule has 0 aliphatic carbocycles. The monoisotopic (exact) mass is 441 g/mol. The minimum Gasteiger partial charge on any atom is -0.490 e. The topological polar surface area (TPSA) is 57.1 Å². The van der Waals surface area contributed by atoms with Crippen LogP contribution in [0.25, 0.3) is 6.08 Å². The molecule has 1 aliphatic heterocycles. The molecule has 1 atom stereocenters. The van der Waals surface area contributed by atoms with Crippen LogP contribution in [0.3, 0.4) is 0 Å². The molecule has 0 N–H and O–H groups in total. The van der Waals surface area contributed by atoms with Crippen molar-refractivity contribution in [2.45, 2.75) is 53.1 Å². The predicted molar refractivity (Wildman–Crippen MR) is 124 cm³/mol. The van der Waals surface area contributed by atoms with E-state index < -0.39 is 5.97 Å². The van der Waals surface area contributed by atoms with E-state index >= 15 is 0 Å². The van der Waals surface area contributed by atoms with Crippen LogP contribution in [0.2, 0.25) is 5.02 Å². The highest BCUT2D eigenvalue weighted by Crippen LogP contribution is 2.38. The Hall–Kier alpha value is -2.79. The number of carbonyl (C=O) groups excluding carboxylic acids is 1. The van der Waals surface area contributed by atoms with Gasteiger partial charge in [-0.25, -0.2) is 9.79 Å². The van der Waals surface area contributed by atoms with Crippen LogP contribution in [0.1, 0.15) is 63.6 Å². The number of hydrogen-bond acceptors (Lipinski definition) is 5. The Labute approximate surface area is 188 Å². The molecule has 1 unspecified atom stereocenters. The van der Waals surface area contributed by atoms with E-state index in [-0.39, 0.29) is 11.8 Å². The van der Waals surface area contributed by atoms with Gasteiger partial charge in [-0.15, -0.1) is 0 Å². The normalized spacial score (nSPS) is 15.8. The van der Waals surface area contributed by atoms with Crippen LogP contribution in [0, 0.1) is 0 Å². The lowest BCUT2D eigenvalue weighted by Gasteiger charge is -2.18. The van der Waals surface area contributed by atoms with Crippen LogP contribution >= 0.6 is 11.6 Å². The van der Waals surface area contributed by atoms with E-state index in [1.54, 1.807) is 18.2 Å². The summed E-state index contributed by atoms with van der Waals surface area (Å²) < 4.78 is 17.0. The first kappa shape index (κ1) is 22.9. The summed E-state index contributed by atoms with van der Waals surface area (Å²) in [5.74, 6) is 1.25. The number of esters is 1. The fraction of sp³-hybridized carbons (Fsp3) is 0.360. The summed E-state index contributed by atoms with van der Waals surface area (Å²) in [6.07, 6.45) is 2.48. The van der Waals surface area contributed by atoms with Crippen molar-refractivity contribution in [3.05, 3.63) is 63.8 Å². The van der Waals surface area contributed by atoms with Crippen molar-refractivity contribution in [1.29, 1.82) is 0 Å². The van der Waals surface area contributed by atoms with Crippen molar-refractivity contribution >= 4 is 29.5 Å². The van der Waals surface area contributed by atoms with Gasteiger partial charge in [-0.2, -0.15) is 0 Å². The molecule has 1 aliphatic rings. The van der Waals surface area contributed by atoms with Gasteiger partial charge in [-0.1, -0.05) is 44.5 Å². The summed E-state index contributed by atoms with van der Waals surface area (Å²) in [6, 6.07) is 11.4. The lowest BCUT2D eigenvalue weighted by molar-refractivity contribution is -0.129. The highest BCUT2D eigenvalue weighted by Gasteiger charge is 2.25. The van der Waals surface area contributed by atoms with Crippen LogP contribution in [-0.2, 0) is 9.53 Å². The standard InChI is InChI=1S/C25H28ClNO4/c1-6-16(5)30-23-20(26)12-17(14-22(23)29-7-2)13-21-25(28)31-24(27-21)19-10-8-18(9-11-19)15(3)4/h8-16H,6-7H2,1-5H3/b21-13-. The van der Waals surface area contributed by atoms with E-state index in [9.17, 15) is 4.79 Å². The molecule has 0 fully saturated rings. The van der Waals surface area contributed by atoms with Crippen LogP contribution < -0.4 is 9.47 Å². The molecule has 2 aromatic rings. The predicted octanol–water partition coefficient (Wildman–Crippen LogP) is 6.38. The summed E-state index contributed by atoms with van der Waals surface area (Å²) in [7, 11) is 0. The van der Waals surface area contributed by atoms with Gasteiger partial charge in [0.25, 0.3) is 0 Å². The second kappa shape index (κ2) is 10.0. The van der Waals surface area contributed by atoms with Gasteiger partial charge in [0.15, 0.2) is 17.2 Å². The Morgan fingerprint density at radius 3 is 2.45 bits per heavy atom. The quantitative estimate of drug-likeness (QED) is 0.352. The fourth-order valence-electron chi connectivity index (χ4n) is 3.03. The van der Waals surface area contributed by atoms with Gasteiger partial charge >= 0.3 is 5.97 Å². The third-order valence-electron chi connectivity index (χ3n) is 4.97. The van der Waals surface area contributed by atoms with Gasteiger partial charge < -0.3 is 14.2 Å². The Morgan fingerprint density at radius 2 is 1.84 bits per heavy atom. The second-order valence-electron chi connectivity index (χ2n) is 7.71. The molecule has 0 saturated carbocycles. The maximum absolute atomic E-state index is 12.4. The van der Waals surface area contributed by atoms with Gasteiger partial charge in [0.1, 0.15) is 0 Å². The van der Waals surface area contributed by atoms with E-state index in [1.807, 2.05) is 45.0 Å². The van der Waals surface area contributed by atoms with Crippen LogP contribution in [0.15, 0.2) is 47.1 Å². The van der Waals surface area contributed by atoms with Crippen molar-refractivity contribution in [3.8, 4) is 11.5 Å². The molecule has 0 spiro atoms. The van der Waals surface area contributed by atoms with E-state index in [4.69, 9.17) is 25.8 Å². The number of cyclic esters (lactones) is 1. The zero-order chi connectivity index (χ0) is 22.5. The lowest BCUT2D eigenvalue weighted by Crippen LogP contribution is -2.11. The largest absolute Gasteiger partial charge is 0.490 e. The molecule has 31 heavy (non-hydrogen) atoms.